The third-order valence-electron chi connectivity index (χ3n) is 2.27. The Morgan fingerprint density at radius 3 is 2.84 bits per heavy atom. The number of hydrogen-bond acceptors (Lipinski definition) is 6. The molecule has 0 saturated carbocycles. The highest BCUT2D eigenvalue weighted by molar-refractivity contribution is 5.92. The van der Waals surface area contributed by atoms with Crippen LogP contribution in [0.5, 0.6) is 5.75 Å². The minimum absolute atomic E-state index is 0.0525. The summed E-state index contributed by atoms with van der Waals surface area (Å²) in [5.74, 6) is -0.744. The largest absolute Gasteiger partial charge is 0.486 e. The van der Waals surface area contributed by atoms with Crippen LogP contribution in [0.2, 0.25) is 0 Å². The average molecular weight is 264 g/mol. The highest BCUT2D eigenvalue weighted by Crippen LogP contribution is 2.24. The smallest absolute Gasteiger partial charge is 0.342 e. The summed E-state index contributed by atoms with van der Waals surface area (Å²) in [7, 11) is 0. The second-order valence-electron chi connectivity index (χ2n) is 3.51. The molecule has 0 radical (unpaired) electrons. The van der Waals surface area contributed by atoms with Crippen LogP contribution in [0.1, 0.15) is 16.1 Å². The average Bonchev–Trinajstić information content (AvgIpc) is 2.88. The minimum atomic E-state index is -1.39. The molecule has 1 aromatic heterocycles. The van der Waals surface area contributed by atoms with Gasteiger partial charge < -0.3 is 14.4 Å². The molecule has 19 heavy (non-hydrogen) atoms. The molecule has 1 heterocycles. The van der Waals surface area contributed by atoms with Crippen molar-refractivity contribution in [3.8, 4) is 5.75 Å². The predicted molar refractivity (Wildman–Crippen MR) is 60.9 cm³/mol. The van der Waals surface area contributed by atoms with Gasteiger partial charge in [-0.15, -0.1) is 0 Å². The van der Waals surface area contributed by atoms with Crippen molar-refractivity contribution in [2.45, 2.75) is 6.61 Å². The van der Waals surface area contributed by atoms with Crippen LogP contribution < -0.4 is 4.74 Å². The van der Waals surface area contributed by atoms with Gasteiger partial charge in [0.25, 0.3) is 5.69 Å². The summed E-state index contributed by atoms with van der Waals surface area (Å²) >= 11 is 0. The monoisotopic (exact) mass is 264 g/mol. The summed E-state index contributed by atoms with van der Waals surface area (Å²) in [5.41, 5.74) is -0.917. The molecular weight excluding hydrogens is 256 g/mol. The quantitative estimate of drug-likeness (QED) is 0.647. The van der Waals surface area contributed by atoms with E-state index in [1.165, 1.54) is 12.3 Å². The lowest BCUT2D eigenvalue weighted by Crippen LogP contribution is -2.03. The van der Waals surface area contributed by atoms with Gasteiger partial charge in [-0.05, 0) is 6.07 Å². The Labute approximate surface area is 106 Å². The first-order chi connectivity index (χ1) is 9.08. The van der Waals surface area contributed by atoms with Crippen LogP contribution in [-0.2, 0) is 6.61 Å². The number of nitro groups is 1. The molecule has 2 rings (SSSR count). The molecule has 0 aliphatic carbocycles. The first-order valence-corrected chi connectivity index (χ1v) is 5.12. The van der Waals surface area contributed by atoms with E-state index in [-0.39, 0.29) is 12.4 Å². The summed E-state index contributed by atoms with van der Waals surface area (Å²) in [4.78, 5) is 20.8. The molecule has 2 aromatic rings. The fraction of sp³-hybridized carbons (Fsp3) is 0.0909. The molecule has 0 aliphatic heterocycles. The van der Waals surface area contributed by atoms with Crippen molar-refractivity contribution in [1.29, 1.82) is 0 Å². The Kier molecular flexibility index (Phi) is 3.42. The normalized spacial score (nSPS) is 10.1. The lowest BCUT2D eigenvalue weighted by Gasteiger charge is -2.05. The van der Waals surface area contributed by atoms with Crippen LogP contribution in [0.15, 0.2) is 35.0 Å². The van der Waals surface area contributed by atoms with Gasteiger partial charge in [0.2, 0.25) is 0 Å². The van der Waals surface area contributed by atoms with E-state index in [1.807, 2.05) is 0 Å². The molecule has 1 N–H and O–H groups in total. The SMILES string of the molecule is O=C(O)c1cc(OCc2ccno2)ccc1[N+](=O)[O-]. The van der Waals surface area contributed by atoms with Gasteiger partial charge in [0, 0.05) is 18.2 Å². The van der Waals surface area contributed by atoms with Crippen molar-refractivity contribution >= 4 is 11.7 Å². The Bertz CT molecular complexity index is 608. The van der Waals surface area contributed by atoms with Crippen molar-refractivity contribution < 1.29 is 24.1 Å². The Morgan fingerprint density at radius 2 is 2.26 bits per heavy atom. The maximum atomic E-state index is 10.9. The molecule has 8 nitrogen and oxygen atoms in total. The molecular formula is C11H8N2O6. The number of carbonyl (C=O) groups is 1. The van der Waals surface area contributed by atoms with Gasteiger partial charge in [0.1, 0.15) is 17.9 Å². The standard InChI is InChI=1S/C11H8N2O6/c14-11(15)9-5-7(1-2-10(9)13(16)17)18-6-8-3-4-12-19-8/h1-5H,6H2,(H,14,15). The molecule has 0 saturated heterocycles. The number of nitro benzene ring substituents is 1. The number of nitrogens with zero attached hydrogens (tertiary/aromatic N) is 2. The summed E-state index contributed by atoms with van der Waals surface area (Å²) in [6.07, 6.45) is 1.44. The highest BCUT2D eigenvalue weighted by atomic mass is 16.6. The second kappa shape index (κ2) is 5.17. The zero-order valence-electron chi connectivity index (χ0n) is 9.48. The maximum absolute atomic E-state index is 10.9. The van der Waals surface area contributed by atoms with Crippen molar-refractivity contribution in [2.24, 2.45) is 0 Å². The van der Waals surface area contributed by atoms with Gasteiger partial charge >= 0.3 is 5.97 Å². The third kappa shape index (κ3) is 2.86. The van der Waals surface area contributed by atoms with Crippen LogP contribution in [-0.4, -0.2) is 21.2 Å². The number of ether oxygens (including phenoxy) is 1. The van der Waals surface area contributed by atoms with Crippen LogP contribution in [0.25, 0.3) is 0 Å². The van der Waals surface area contributed by atoms with Gasteiger partial charge in [-0.2, -0.15) is 0 Å². The fourth-order valence-electron chi connectivity index (χ4n) is 1.41. The highest BCUT2D eigenvalue weighted by Gasteiger charge is 2.20. The van der Waals surface area contributed by atoms with Crippen molar-refractivity contribution in [3.05, 3.63) is 51.9 Å². The summed E-state index contributed by atoms with van der Waals surface area (Å²) in [5, 5.41) is 23.0. The van der Waals surface area contributed by atoms with E-state index in [2.05, 4.69) is 5.16 Å². The summed E-state index contributed by atoms with van der Waals surface area (Å²) in [6, 6.07) is 5.08. The van der Waals surface area contributed by atoms with Crippen molar-refractivity contribution in [2.75, 3.05) is 0 Å². The van der Waals surface area contributed by atoms with Crippen LogP contribution >= 0.6 is 0 Å². The van der Waals surface area contributed by atoms with Gasteiger partial charge in [0.05, 0.1) is 11.1 Å². The molecule has 0 atom stereocenters. The van der Waals surface area contributed by atoms with E-state index in [0.29, 0.717) is 5.76 Å². The lowest BCUT2D eigenvalue weighted by molar-refractivity contribution is -0.385. The minimum Gasteiger partial charge on any atom is -0.486 e. The number of carboxylic acid groups (broad SMARTS) is 1. The molecule has 8 heteroatoms. The Balaban J connectivity index is 2.20. The van der Waals surface area contributed by atoms with Gasteiger partial charge in [-0.1, -0.05) is 5.16 Å². The number of hydrogen-bond donors (Lipinski definition) is 1. The van der Waals surface area contributed by atoms with Gasteiger partial charge in [-0.25, -0.2) is 4.79 Å². The number of carboxylic acids is 1. The van der Waals surface area contributed by atoms with Crippen molar-refractivity contribution in [1.82, 2.24) is 5.16 Å². The second-order valence-corrected chi connectivity index (χ2v) is 3.51. The number of rotatable bonds is 5. The number of benzene rings is 1. The van der Waals surface area contributed by atoms with E-state index in [1.54, 1.807) is 6.07 Å². The van der Waals surface area contributed by atoms with Gasteiger partial charge in [-0.3, -0.25) is 10.1 Å². The third-order valence-corrected chi connectivity index (χ3v) is 2.27. The predicted octanol–water partition coefficient (Wildman–Crippen LogP) is 1.86. The zero-order chi connectivity index (χ0) is 13.8. The molecule has 0 spiro atoms. The summed E-state index contributed by atoms with van der Waals surface area (Å²) in [6.45, 7) is 0.0525. The molecule has 0 amide bonds. The van der Waals surface area contributed by atoms with E-state index >= 15 is 0 Å². The Hall–Kier alpha value is -2.90. The van der Waals surface area contributed by atoms with E-state index in [9.17, 15) is 14.9 Å². The number of aromatic nitrogens is 1. The van der Waals surface area contributed by atoms with Crippen LogP contribution in [0, 0.1) is 10.1 Å². The Morgan fingerprint density at radius 1 is 1.47 bits per heavy atom. The molecule has 0 aliphatic rings. The van der Waals surface area contributed by atoms with E-state index < -0.39 is 22.1 Å². The molecule has 98 valence electrons. The fourth-order valence-corrected chi connectivity index (χ4v) is 1.41. The van der Waals surface area contributed by atoms with Crippen LogP contribution in [0.4, 0.5) is 5.69 Å². The number of aromatic carboxylic acids is 1. The topological polar surface area (TPSA) is 116 Å². The van der Waals surface area contributed by atoms with E-state index in [4.69, 9.17) is 14.4 Å². The van der Waals surface area contributed by atoms with Gasteiger partial charge in [0.15, 0.2) is 5.76 Å². The van der Waals surface area contributed by atoms with Crippen molar-refractivity contribution in [3.63, 3.8) is 0 Å². The van der Waals surface area contributed by atoms with E-state index in [0.717, 1.165) is 12.1 Å². The molecule has 1 aromatic carbocycles. The zero-order valence-corrected chi connectivity index (χ0v) is 9.48. The maximum Gasteiger partial charge on any atom is 0.342 e. The summed E-state index contributed by atoms with van der Waals surface area (Å²) < 4.78 is 10.1. The van der Waals surface area contributed by atoms with Crippen LogP contribution in [0.3, 0.4) is 0 Å². The molecule has 0 fully saturated rings. The lowest BCUT2D eigenvalue weighted by atomic mass is 10.1. The first-order valence-electron chi connectivity index (χ1n) is 5.12. The molecule has 0 unspecified atom stereocenters. The first kappa shape index (κ1) is 12.6. The molecule has 0 bridgehead atoms.